The van der Waals surface area contributed by atoms with Gasteiger partial charge in [-0.15, -0.1) is 0 Å². The topological polar surface area (TPSA) is 75.6 Å². The molecule has 0 unspecified atom stereocenters. The molecule has 0 bridgehead atoms. The van der Waals surface area contributed by atoms with Gasteiger partial charge >= 0.3 is 0 Å². The highest BCUT2D eigenvalue weighted by molar-refractivity contribution is 5.53. The van der Waals surface area contributed by atoms with E-state index in [1.807, 2.05) is 31.2 Å². The van der Waals surface area contributed by atoms with Crippen LogP contribution in [0.15, 0.2) is 58.1 Å². The highest BCUT2D eigenvalue weighted by Crippen LogP contribution is 2.12. The molecule has 2 heterocycles. The molecule has 0 aliphatic heterocycles. The molecule has 146 valence electrons. The Hall–Kier alpha value is -3.87. The average molecular weight is 390 g/mol. The van der Waals surface area contributed by atoms with E-state index < -0.39 is 5.82 Å². The highest BCUT2D eigenvalue weighted by Gasteiger charge is 2.13. The standard InChI is InChI=1S/C22H19FN4O2/c1-13-6-4-5-7-20(13)27-22(29)19(15(3)25-27)12-18-14(2)24-26(21(18)28)17-10-8-16(23)9-11-17/h4-12,24-25H,2H2,1,3H3. The lowest BCUT2D eigenvalue weighted by atomic mass is 10.2. The third-order valence-corrected chi connectivity index (χ3v) is 4.85. The minimum atomic E-state index is -0.394. The molecule has 0 aliphatic carbocycles. The fraction of sp³-hybridized carbons (Fsp3) is 0.0909. The number of aromatic nitrogens is 4. The maximum atomic E-state index is 13.2. The zero-order chi connectivity index (χ0) is 20.7. The molecule has 2 N–H and O–H groups in total. The van der Waals surface area contributed by atoms with Gasteiger partial charge in [-0.3, -0.25) is 19.8 Å². The zero-order valence-electron chi connectivity index (χ0n) is 16.0. The lowest BCUT2D eigenvalue weighted by Gasteiger charge is -2.04. The second-order valence-corrected chi connectivity index (χ2v) is 6.84. The molecule has 4 aromatic rings. The fourth-order valence-electron chi connectivity index (χ4n) is 3.27. The zero-order valence-corrected chi connectivity index (χ0v) is 16.0. The van der Waals surface area contributed by atoms with Crippen molar-refractivity contribution in [2.24, 2.45) is 0 Å². The molecule has 0 spiro atoms. The van der Waals surface area contributed by atoms with Crippen molar-refractivity contribution >= 4 is 12.7 Å². The van der Waals surface area contributed by atoms with Gasteiger partial charge in [-0.2, -0.15) is 0 Å². The van der Waals surface area contributed by atoms with Crippen LogP contribution in [-0.4, -0.2) is 19.6 Å². The summed E-state index contributed by atoms with van der Waals surface area (Å²) in [5, 5.41) is 6.57. The van der Waals surface area contributed by atoms with E-state index in [9.17, 15) is 14.0 Å². The van der Waals surface area contributed by atoms with Crippen LogP contribution in [0.3, 0.4) is 0 Å². The van der Waals surface area contributed by atoms with Gasteiger partial charge in [0.1, 0.15) is 5.82 Å². The first-order valence-electron chi connectivity index (χ1n) is 9.02. The quantitative estimate of drug-likeness (QED) is 0.558. The van der Waals surface area contributed by atoms with Crippen molar-refractivity contribution in [3.63, 3.8) is 0 Å². The number of aryl methyl sites for hydroxylation is 2. The summed E-state index contributed by atoms with van der Waals surface area (Å²) in [6, 6.07) is 13.0. The molecule has 7 heteroatoms. The van der Waals surface area contributed by atoms with E-state index in [1.54, 1.807) is 6.92 Å². The van der Waals surface area contributed by atoms with Crippen LogP contribution in [0.1, 0.15) is 16.8 Å². The molecule has 2 aromatic heterocycles. The van der Waals surface area contributed by atoms with Gasteiger partial charge in [0.2, 0.25) is 0 Å². The van der Waals surface area contributed by atoms with Gasteiger partial charge < -0.3 is 0 Å². The number of nitrogens with zero attached hydrogens (tertiary/aromatic N) is 2. The monoisotopic (exact) mass is 390 g/mol. The Morgan fingerprint density at radius 1 is 0.931 bits per heavy atom. The summed E-state index contributed by atoms with van der Waals surface area (Å²) in [6.45, 7) is 7.57. The minimum absolute atomic E-state index is 0.259. The van der Waals surface area contributed by atoms with Crippen LogP contribution in [0.25, 0.3) is 24.0 Å². The maximum absolute atomic E-state index is 13.2. The van der Waals surface area contributed by atoms with Crippen molar-refractivity contribution in [2.45, 2.75) is 13.8 Å². The van der Waals surface area contributed by atoms with Crippen LogP contribution in [0, 0.1) is 19.7 Å². The lowest BCUT2D eigenvalue weighted by molar-refractivity contribution is 0.627. The molecule has 0 saturated heterocycles. The molecule has 29 heavy (non-hydrogen) atoms. The van der Waals surface area contributed by atoms with Gasteiger partial charge in [0, 0.05) is 5.69 Å². The summed E-state index contributed by atoms with van der Waals surface area (Å²) in [5.41, 5.74) is 2.54. The number of hydrogen-bond donors (Lipinski definition) is 2. The number of H-pyrrole nitrogens is 2. The van der Waals surface area contributed by atoms with Crippen molar-refractivity contribution < 1.29 is 4.39 Å². The predicted molar refractivity (Wildman–Crippen MR) is 111 cm³/mol. The van der Waals surface area contributed by atoms with Crippen LogP contribution in [-0.2, 0) is 0 Å². The molecule has 6 nitrogen and oxygen atoms in total. The van der Waals surface area contributed by atoms with Crippen LogP contribution in [0.5, 0.6) is 0 Å². The smallest absolute Gasteiger partial charge is 0.279 e. The van der Waals surface area contributed by atoms with Gasteiger partial charge in [-0.05, 0) is 55.8 Å². The highest BCUT2D eigenvalue weighted by atomic mass is 19.1. The summed E-state index contributed by atoms with van der Waals surface area (Å²) in [7, 11) is 0. The first-order chi connectivity index (χ1) is 13.9. The molecule has 0 radical (unpaired) electrons. The third-order valence-electron chi connectivity index (χ3n) is 4.85. The third kappa shape index (κ3) is 3.16. The van der Waals surface area contributed by atoms with E-state index in [4.69, 9.17) is 0 Å². The van der Waals surface area contributed by atoms with Crippen molar-refractivity contribution in [1.82, 2.24) is 19.6 Å². The molecule has 0 saturated carbocycles. The van der Waals surface area contributed by atoms with Crippen LogP contribution < -0.4 is 21.7 Å². The second-order valence-electron chi connectivity index (χ2n) is 6.84. The van der Waals surface area contributed by atoms with E-state index in [0.717, 1.165) is 11.3 Å². The fourth-order valence-corrected chi connectivity index (χ4v) is 3.27. The van der Waals surface area contributed by atoms with Crippen molar-refractivity contribution in [1.29, 1.82) is 0 Å². The maximum Gasteiger partial charge on any atom is 0.279 e. The first-order valence-corrected chi connectivity index (χ1v) is 9.02. The van der Waals surface area contributed by atoms with Crippen LogP contribution >= 0.6 is 0 Å². The van der Waals surface area contributed by atoms with E-state index in [-0.39, 0.29) is 16.3 Å². The molecule has 0 atom stereocenters. The van der Waals surface area contributed by atoms with Crippen molar-refractivity contribution in [3.8, 4) is 11.4 Å². The predicted octanol–water partition coefficient (Wildman–Crippen LogP) is 1.64. The Labute approximate surface area is 164 Å². The SMILES string of the molecule is C=c1[nH]n(-c2ccc(F)cc2)c(=O)c1=Cc1c(C)[nH]n(-c2ccccc2C)c1=O. The Balaban J connectivity index is 1.90. The number of hydrogen-bond acceptors (Lipinski definition) is 2. The number of halogens is 1. The number of para-hydroxylation sites is 1. The Morgan fingerprint density at radius 3 is 2.31 bits per heavy atom. The van der Waals surface area contributed by atoms with Gasteiger partial charge in [0.05, 0.1) is 27.5 Å². The molecule has 4 rings (SSSR count). The molecule has 0 amide bonds. The molecule has 0 aliphatic rings. The molecule has 0 fully saturated rings. The van der Waals surface area contributed by atoms with Crippen molar-refractivity contribution in [3.05, 3.63) is 102 Å². The summed E-state index contributed by atoms with van der Waals surface area (Å²) in [4.78, 5) is 25.9. The van der Waals surface area contributed by atoms with E-state index in [1.165, 1.54) is 39.7 Å². The van der Waals surface area contributed by atoms with Gasteiger partial charge in [0.15, 0.2) is 0 Å². The Morgan fingerprint density at radius 2 is 1.62 bits per heavy atom. The van der Waals surface area contributed by atoms with Gasteiger partial charge in [-0.1, -0.05) is 24.8 Å². The van der Waals surface area contributed by atoms with Crippen molar-refractivity contribution in [2.75, 3.05) is 0 Å². The molecular weight excluding hydrogens is 371 g/mol. The number of benzene rings is 2. The van der Waals surface area contributed by atoms with E-state index in [2.05, 4.69) is 16.8 Å². The molecule has 2 aromatic carbocycles. The van der Waals surface area contributed by atoms with Crippen LogP contribution in [0.4, 0.5) is 4.39 Å². The lowest BCUT2D eigenvalue weighted by Crippen LogP contribution is -2.34. The van der Waals surface area contributed by atoms with E-state index >= 15 is 0 Å². The Bertz CT molecular complexity index is 1440. The minimum Gasteiger partial charge on any atom is -0.295 e. The largest absolute Gasteiger partial charge is 0.295 e. The molecular formula is C22H19FN4O2. The summed E-state index contributed by atoms with van der Waals surface area (Å²) in [5.74, 6) is -0.394. The average Bonchev–Trinajstić information content (AvgIpc) is 3.14. The van der Waals surface area contributed by atoms with Crippen LogP contribution in [0.2, 0.25) is 0 Å². The number of rotatable bonds is 3. The summed E-state index contributed by atoms with van der Waals surface area (Å²) < 4.78 is 15.9. The summed E-state index contributed by atoms with van der Waals surface area (Å²) >= 11 is 0. The first kappa shape index (κ1) is 18.5. The van der Waals surface area contributed by atoms with Gasteiger partial charge in [0.25, 0.3) is 11.1 Å². The van der Waals surface area contributed by atoms with Gasteiger partial charge in [-0.25, -0.2) is 13.8 Å². The number of aromatic amines is 2. The normalized spacial score (nSPS) is 11.9. The second kappa shape index (κ2) is 6.94. The van der Waals surface area contributed by atoms with E-state index in [0.29, 0.717) is 22.3 Å². The number of nitrogens with one attached hydrogen (secondary N) is 2. The summed E-state index contributed by atoms with van der Waals surface area (Å²) in [6.07, 6.45) is 1.53. The Kier molecular flexibility index (Phi) is 4.43.